The summed E-state index contributed by atoms with van der Waals surface area (Å²) >= 11 is 1.54. The van der Waals surface area contributed by atoms with Gasteiger partial charge >= 0.3 is 0 Å². The highest BCUT2D eigenvalue weighted by atomic mass is 32.1. The van der Waals surface area contributed by atoms with Crippen LogP contribution in [0.3, 0.4) is 0 Å². The summed E-state index contributed by atoms with van der Waals surface area (Å²) in [4.78, 5) is 22.6. The minimum atomic E-state index is -0.328. The van der Waals surface area contributed by atoms with E-state index in [1.165, 1.54) is 4.88 Å². The van der Waals surface area contributed by atoms with Gasteiger partial charge in [-0.2, -0.15) is 0 Å². The average Bonchev–Trinajstić information content (AvgIpc) is 3.36. The van der Waals surface area contributed by atoms with Crippen LogP contribution in [0.2, 0.25) is 0 Å². The van der Waals surface area contributed by atoms with E-state index in [9.17, 15) is 4.79 Å². The highest BCUT2D eigenvalue weighted by Crippen LogP contribution is 2.31. The molecule has 3 heterocycles. The first-order valence-electron chi connectivity index (χ1n) is 9.23. The number of carbonyl (C=O) groups excluding carboxylic acids is 1. The van der Waals surface area contributed by atoms with E-state index < -0.39 is 0 Å². The largest absolute Gasteiger partial charge is 0.317 e. The molecule has 0 aliphatic carbocycles. The minimum absolute atomic E-state index is 0.161. The third-order valence-corrected chi connectivity index (χ3v) is 5.76. The third kappa shape index (κ3) is 3.91. The molecule has 140 valence electrons. The van der Waals surface area contributed by atoms with E-state index in [1.54, 1.807) is 16.0 Å². The minimum Gasteiger partial charge on any atom is -0.317 e. The van der Waals surface area contributed by atoms with Crippen molar-refractivity contribution in [3.63, 3.8) is 0 Å². The summed E-state index contributed by atoms with van der Waals surface area (Å²) in [6.07, 6.45) is 4.78. The first kappa shape index (κ1) is 17.8. The van der Waals surface area contributed by atoms with E-state index in [2.05, 4.69) is 25.7 Å². The molecular formula is C19H22N6OS. The van der Waals surface area contributed by atoms with E-state index in [0.717, 1.165) is 37.4 Å². The van der Waals surface area contributed by atoms with Crippen LogP contribution in [0, 0.1) is 0 Å². The van der Waals surface area contributed by atoms with E-state index in [4.69, 9.17) is 0 Å². The predicted octanol–water partition coefficient (Wildman–Crippen LogP) is 3.01. The summed E-state index contributed by atoms with van der Waals surface area (Å²) < 4.78 is 1.72. The lowest BCUT2D eigenvalue weighted by Crippen LogP contribution is -2.26. The van der Waals surface area contributed by atoms with Crippen LogP contribution in [-0.4, -0.2) is 38.7 Å². The Kier molecular flexibility index (Phi) is 5.26. The molecule has 1 saturated heterocycles. The number of benzene rings is 1. The Labute approximate surface area is 161 Å². The number of para-hydroxylation sites is 1. The van der Waals surface area contributed by atoms with Crippen molar-refractivity contribution in [1.29, 1.82) is 0 Å². The monoisotopic (exact) mass is 382 g/mol. The smallest absolute Gasteiger partial charge is 0.297 e. The molecular weight excluding hydrogens is 360 g/mol. The van der Waals surface area contributed by atoms with Crippen LogP contribution in [0.25, 0.3) is 5.69 Å². The highest BCUT2D eigenvalue weighted by molar-refractivity contribution is 7.15. The number of nitrogens with zero attached hydrogens (tertiary/aromatic N) is 4. The van der Waals surface area contributed by atoms with Gasteiger partial charge in [-0.15, -0.1) is 16.4 Å². The fourth-order valence-electron chi connectivity index (χ4n) is 3.24. The molecule has 3 aromatic rings. The van der Waals surface area contributed by atoms with Crippen LogP contribution >= 0.6 is 11.3 Å². The van der Waals surface area contributed by atoms with Crippen molar-refractivity contribution in [1.82, 2.24) is 25.1 Å². The van der Waals surface area contributed by atoms with Gasteiger partial charge in [0.25, 0.3) is 5.91 Å². The fourth-order valence-corrected chi connectivity index (χ4v) is 4.22. The third-order valence-electron chi connectivity index (χ3n) is 4.68. The second-order valence-electron chi connectivity index (χ2n) is 6.50. The standard InChI is InChI=1S/C19H22N6OS/c1-2-16-22-17(24-25(16)14-6-4-3-5-7-14)18(26)23-19-21-12-15(27-19)13-8-10-20-11-9-13/h3-7,12-13,20H,2,8-11H2,1H3,(H,21,23,26). The molecule has 0 bridgehead atoms. The highest BCUT2D eigenvalue weighted by Gasteiger charge is 2.20. The molecule has 1 aromatic carbocycles. The van der Waals surface area contributed by atoms with Crippen molar-refractivity contribution in [2.75, 3.05) is 18.4 Å². The lowest BCUT2D eigenvalue weighted by Gasteiger charge is -2.20. The van der Waals surface area contributed by atoms with Crippen molar-refractivity contribution in [3.8, 4) is 5.69 Å². The Morgan fingerprint density at radius 1 is 1.30 bits per heavy atom. The summed E-state index contributed by atoms with van der Waals surface area (Å²) in [7, 11) is 0. The van der Waals surface area contributed by atoms with Crippen molar-refractivity contribution >= 4 is 22.4 Å². The van der Waals surface area contributed by atoms with Crippen molar-refractivity contribution in [3.05, 3.63) is 53.1 Å². The van der Waals surface area contributed by atoms with Crippen LogP contribution in [0.1, 0.15) is 47.0 Å². The second-order valence-corrected chi connectivity index (χ2v) is 7.56. The van der Waals surface area contributed by atoms with Gasteiger partial charge in [0.15, 0.2) is 5.13 Å². The Bertz CT molecular complexity index is 913. The summed E-state index contributed by atoms with van der Waals surface area (Å²) in [5.41, 5.74) is 0.892. The summed E-state index contributed by atoms with van der Waals surface area (Å²) in [5.74, 6) is 1.11. The number of aromatic nitrogens is 4. The van der Waals surface area contributed by atoms with Gasteiger partial charge in [0.2, 0.25) is 5.82 Å². The quantitative estimate of drug-likeness (QED) is 0.709. The molecule has 2 N–H and O–H groups in total. The molecule has 4 rings (SSSR count). The van der Waals surface area contributed by atoms with Gasteiger partial charge in [-0.1, -0.05) is 25.1 Å². The number of amides is 1. The molecule has 2 aromatic heterocycles. The zero-order chi connectivity index (χ0) is 18.6. The molecule has 27 heavy (non-hydrogen) atoms. The van der Waals surface area contributed by atoms with E-state index >= 15 is 0 Å². The molecule has 0 saturated carbocycles. The van der Waals surface area contributed by atoms with Crippen LogP contribution in [0.4, 0.5) is 5.13 Å². The van der Waals surface area contributed by atoms with E-state index in [-0.39, 0.29) is 11.7 Å². The number of anilines is 1. The van der Waals surface area contributed by atoms with Gasteiger partial charge in [0, 0.05) is 17.5 Å². The molecule has 0 spiro atoms. The van der Waals surface area contributed by atoms with Gasteiger partial charge < -0.3 is 5.32 Å². The Morgan fingerprint density at radius 2 is 2.07 bits per heavy atom. The maximum absolute atomic E-state index is 12.6. The van der Waals surface area contributed by atoms with Gasteiger partial charge in [0.1, 0.15) is 5.82 Å². The summed E-state index contributed by atoms with van der Waals surface area (Å²) in [5, 5.41) is 11.2. The van der Waals surface area contributed by atoms with E-state index in [1.807, 2.05) is 43.5 Å². The topological polar surface area (TPSA) is 84.7 Å². The first-order valence-corrected chi connectivity index (χ1v) is 10.1. The number of hydrogen-bond donors (Lipinski definition) is 2. The Balaban J connectivity index is 1.50. The normalized spacial score (nSPS) is 15.0. The van der Waals surface area contributed by atoms with Crippen LogP contribution in [0.15, 0.2) is 36.5 Å². The Morgan fingerprint density at radius 3 is 2.81 bits per heavy atom. The Hall–Kier alpha value is -2.58. The van der Waals surface area contributed by atoms with Gasteiger partial charge in [-0.25, -0.2) is 14.6 Å². The molecule has 0 radical (unpaired) electrons. The second kappa shape index (κ2) is 7.98. The van der Waals surface area contributed by atoms with Crippen LogP contribution in [0.5, 0.6) is 0 Å². The number of piperidine rings is 1. The number of hydrogen-bond acceptors (Lipinski definition) is 6. The van der Waals surface area contributed by atoms with Gasteiger partial charge in [-0.3, -0.25) is 10.1 Å². The molecule has 8 heteroatoms. The van der Waals surface area contributed by atoms with Crippen LogP contribution in [-0.2, 0) is 6.42 Å². The molecule has 1 fully saturated rings. The molecule has 7 nitrogen and oxygen atoms in total. The van der Waals surface area contributed by atoms with Crippen molar-refractivity contribution in [2.45, 2.75) is 32.1 Å². The average molecular weight is 382 g/mol. The molecule has 0 atom stereocenters. The van der Waals surface area contributed by atoms with Crippen molar-refractivity contribution < 1.29 is 4.79 Å². The first-order chi connectivity index (χ1) is 13.2. The molecule has 1 aliphatic rings. The van der Waals surface area contributed by atoms with Gasteiger partial charge in [0.05, 0.1) is 5.69 Å². The lowest BCUT2D eigenvalue weighted by molar-refractivity contribution is 0.101. The number of thiazole rings is 1. The fraction of sp³-hybridized carbons (Fsp3) is 0.368. The summed E-state index contributed by atoms with van der Waals surface area (Å²) in [6.45, 7) is 4.06. The van der Waals surface area contributed by atoms with Crippen LogP contribution < -0.4 is 10.6 Å². The zero-order valence-electron chi connectivity index (χ0n) is 15.2. The zero-order valence-corrected chi connectivity index (χ0v) is 16.0. The maximum Gasteiger partial charge on any atom is 0.297 e. The molecule has 0 unspecified atom stereocenters. The number of aryl methyl sites for hydroxylation is 1. The number of rotatable bonds is 5. The maximum atomic E-state index is 12.6. The SMILES string of the molecule is CCc1nc(C(=O)Nc2ncc(C3CCNCC3)s2)nn1-c1ccccc1. The predicted molar refractivity (Wildman–Crippen MR) is 106 cm³/mol. The van der Waals surface area contributed by atoms with Crippen molar-refractivity contribution in [2.24, 2.45) is 0 Å². The lowest BCUT2D eigenvalue weighted by atomic mass is 9.97. The molecule has 1 amide bonds. The number of nitrogens with one attached hydrogen (secondary N) is 2. The van der Waals surface area contributed by atoms with Gasteiger partial charge in [-0.05, 0) is 44.0 Å². The summed E-state index contributed by atoms with van der Waals surface area (Å²) in [6, 6.07) is 9.72. The van der Waals surface area contributed by atoms with E-state index in [0.29, 0.717) is 17.5 Å². The molecule has 1 aliphatic heterocycles. The number of carbonyl (C=O) groups is 1.